The summed E-state index contributed by atoms with van der Waals surface area (Å²) >= 11 is 0. The highest BCUT2D eigenvalue weighted by Crippen LogP contribution is 2.46. The van der Waals surface area contributed by atoms with Gasteiger partial charge in [-0.1, -0.05) is 35.5 Å². The number of rotatable bonds is 5. The monoisotopic (exact) mass is 431 g/mol. The highest BCUT2D eigenvalue weighted by Gasteiger charge is 2.50. The number of ketones is 1. The molecule has 1 aliphatic carbocycles. The molecule has 2 aromatic carbocycles. The molecule has 2 heterocycles. The highest BCUT2D eigenvalue weighted by molar-refractivity contribution is 6.02. The Hall–Kier alpha value is -2.66. The Morgan fingerprint density at radius 3 is 2.44 bits per heavy atom. The van der Waals surface area contributed by atoms with Gasteiger partial charge in [0.05, 0.1) is 5.39 Å². The van der Waals surface area contributed by atoms with E-state index in [4.69, 9.17) is 4.52 Å². The van der Waals surface area contributed by atoms with Crippen LogP contribution in [-0.4, -0.2) is 48.6 Å². The van der Waals surface area contributed by atoms with Crippen molar-refractivity contribution >= 4 is 22.6 Å². The molecule has 0 radical (unpaired) electrons. The van der Waals surface area contributed by atoms with Crippen LogP contribution in [0.2, 0.25) is 0 Å². The normalized spacial score (nSPS) is 20.1. The van der Waals surface area contributed by atoms with Crippen LogP contribution in [0.25, 0.3) is 11.0 Å². The van der Waals surface area contributed by atoms with E-state index in [0.717, 1.165) is 62.4 Å². The van der Waals surface area contributed by atoms with Gasteiger partial charge in [-0.25, -0.2) is 0 Å². The van der Waals surface area contributed by atoms with Crippen molar-refractivity contribution in [2.24, 2.45) is 0 Å². The average Bonchev–Trinajstić information content (AvgIpc) is 3.27. The summed E-state index contributed by atoms with van der Waals surface area (Å²) < 4.78 is 5.48. The lowest BCUT2D eigenvalue weighted by molar-refractivity contribution is -0.126. The molecule has 32 heavy (non-hydrogen) atoms. The van der Waals surface area contributed by atoms with Crippen LogP contribution in [-0.2, 0) is 22.0 Å². The molecule has 1 fully saturated rings. The Kier molecular flexibility index (Phi) is 5.12. The van der Waals surface area contributed by atoms with Crippen molar-refractivity contribution in [1.29, 1.82) is 0 Å². The van der Waals surface area contributed by atoms with Crippen LogP contribution in [0, 0.1) is 0 Å². The summed E-state index contributed by atoms with van der Waals surface area (Å²) in [6.45, 7) is 13.4. The zero-order chi connectivity index (χ0) is 22.5. The minimum atomic E-state index is -0.392. The van der Waals surface area contributed by atoms with Crippen LogP contribution in [0.3, 0.4) is 0 Å². The summed E-state index contributed by atoms with van der Waals surface area (Å²) in [5.41, 5.74) is 3.84. The first-order valence-corrected chi connectivity index (χ1v) is 11.8. The Morgan fingerprint density at radius 2 is 1.66 bits per heavy atom. The molecule has 1 aromatic heterocycles. The van der Waals surface area contributed by atoms with E-state index in [1.54, 1.807) is 0 Å². The fourth-order valence-electron chi connectivity index (χ4n) is 5.63. The van der Waals surface area contributed by atoms with Gasteiger partial charge in [-0.3, -0.25) is 9.69 Å². The number of para-hydroxylation sites is 1. The first-order valence-electron chi connectivity index (χ1n) is 11.8. The molecule has 0 atom stereocenters. The number of piperazine rings is 1. The van der Waals surface area contributed by atoms with Gasteiger partial charge in [-0.05, 0) is 75.9 Å². The third-order valence-electron chi connectivity index (χ3n) is 7.54. The summed E-state index contributed by atoms with van der Waals surface area (Å²) in [6.07, 6.45) is 2.18. The molecule has 0 spiro atoms. The Morgan fingerprint density at radius 1 is 0.938 bits per heavy atom. The van der Waals surface area contributed by atoms with E-state index in [1.165, 1.54) is 16.7 Å². The molecule has 3 aromatic rings. The van der Waals surface area contributed by atoms with Gasteiger partial charge in [0.15, 0.2) is 17.2 Å². The molecular formula is C27H33N3O2. The Balaban J connectivity index is 1.17. The number of carbonyl (C=O) groups excluding carboxylic acids is 1. The molecule has 2 aliphatic rings. The van der Waals surface area contributed by atoms with Crippen molar-refractivity contribution in [3.63, 3.8) is 0 Å². The number of hydrogen-bond donors (Lipinski definition) is 0. The summed E-state index contributed by atoms with van der Waals surface area (Å²) in [5.74, 6) is 1.30. The first kappa shape index (κ1) is 21.2. The second kappa shape index (κ2) is 7.73. The van der Waals surface area contributed by atoms with Crippen LogP contribution in [0.5, 0.6) is 0 Å². The van der Waals surface area contributed by atoms with E-state index >= 15 is 0 Å². The fraction of sp³-hybridized carbons (Fsp3) is 0.481. The van der Waals surface area contributed by atoms with E-state index in [1.807, 2.05) is 18.2 Å². The number of fused-ring (bicyclic) bond motifs is 2. The van der Waals surface area contributed by atoms with Crippen LogP contribution in [0.4, 0.5) is 5.82 Å². The van der Waals surface area contributed by atoms with Gasteiger partial charge in [-0.15, -0.1) is 0 Å². The lowest BCUT2D eigenvalue weighted by Gasteiger charge is -2.34. The van der Waals surface area contributed by atoms with Crippen LogP contribution in [0.1, 0.15) is 50.8 Å². The summed E-state index contributed by atoms with van der Waals surface area (Å²) in [6, 6.07) is 14.8. The van der Waals surface area contributed by atoms with Crippen molar-refractivity contribution in [1.82, 2.24) is 10.1 Å². The summed E-state index contributed by atoms with van der Waals surface area (Å²) in [5, 5.41) is 5.41. The topological polar surface area (TPSA) is 49.6 Å². The fourth-order valence-corrected chi connectivity index (χ4v) is 5.63. The zero-order valence-corrected chi connectivity index (χ0v) is 19.6. The Labute approximate surface area is 190 Å². The quantitative estimate of drug-likeness (QED) is 0.585. The molecule has 0 unspecified atom stereocenters. The number of nitrogens with zero attached hydrogens (tertiary/aromatic N) is 3. The molecule has 0 bridgehead atoms. The van der Waals surface area contributed by atoms with Gasteiger partial charge in [0.2, 0.25) is 0 Å². The highest BCUT2D eigenvalue weighted by atomic mass is 16.5. The van der Waals surface area contributed by atoms with Gasteiger partial charge in [0.1, 0.15) is 0 Å². The van der Waals surface area contributed by atoms with Gasteiger partial charge < -0.3 is 9.42 Å². The summed E-state index contributed by atoms with van der Waals surface area (Å²) in [7, 11) is 0. The second-order valence-electron chi connectivity index (χ2n) is 10.4. The first-order chi connectivity index (χ1) is 15.3. The standard InChI is InChI=1S/C27H33N3O2/c1-26(2)21-12-11-19(18-22(21)27(3,4)25(26)31)8-7-13-29-14-16-30(17-15-29)24-20-9-5-6-10-23(20)32-28-24/h5-6,9-12,18H,7-8,13-17H2,1-4H3. The predicted octanol–water partition coefficient (Wildman–Crippen LogP) is 4.72. The van der Waals surface area contributed by atoms with Crippen LogP contribution < -0.4 is 4.90 Å². The Bertz CT molecular complexity index is 1150. The maximum absolute atomic E-state index is 12.9. The van der Waals surface area contributed by atoms with Crippen molar-refractivity contribution in [3.05, 3.63) is 59.2 Å². The molecule has 5 heteroatoms. The molecule has 5 rings (SSSR count). The number of Topliss-reactive ketones (excluding diaryl/α,β-unsaturated/α-hetero) is 1. The maximum atomic E-state index is 12.9. The van der Waals surface area contributed by atoms with E-state index in [0.29, 0.717) is 5.78 Å². The van der Waals surface area contributed by atoms with Crippen molar-refractivity contribution in [3.8, 4) is 0 Å². The molecule has 1 aliphatic heterocycles. The number of aryl methyl sites for hydroxylation is 1. The van der Waals surface area contributed by atoms with Crippen molar-refractivity contribution in [2.75, 3.05) is 37.6 Å². The van der Waals surface area contributed by atoms with E-state index in [2.05, 4.69) is 66.9 Å². The summed E-state index contributed by atoms with van der Waals surface area (Å²) in [4.78, 5) is 17.8. The van der Waals surface area contributed by atoms with Gasteiger partial charge in [0.25, 0.3) is 0 Å². The van der Waals surface area contributed by atoms with Gasteiger partial charge in [0, 0.05) is 37.0 Å². The molecule has 0 amide bonds. The third-order valence-corrected chi connectivity index (χ3v) is 7.54. The van der Waals surface area contributed by atoms with E-state index in [-0.39, 0.29) is 5.41 Å². The molecule has 1 saturated heterocycles. The van der Waals surface area contributed by atoms with Gasteiger partial charge >= 0.3 is 0 Å². The molecular weight excluding hydrogens is 398 g/mol. The molecule has 0 N–H and O–H groups in total. The number of benzene rings is 2. The smallest absolute Gasteiger partial charge is 0.180 e. The molecule has 168 valence electrons. The lowest BCUT2D eigenvalue weighted by Crippen LogP contribution is -2.46. The number of carbonyl (C=O) groups is 1. The predicted molar refractivity (Wildman–Crippen MR) is 128 cm³/mol. The lowest BCUT2D eigenvalue weighted by atomic mass is 9.80. The SMILES string of the molecule is CC1(C)C(=O)C(C)(C)c2cc(CCCN3CCN(c4noc5ccccc45)CC3)ccc21. The largest absolute Gasteiger partial charge is 0.354 e. The second-order valence-corrected chi connectivity index (χ2v) is 10.4. The zero-order valence-electron chi connectivity index (χ0n) is 19.6. The van der Waals surface area contributed by atoms with E-state index < -0.39 is 5.41 Å². The average molecular weight is 432 g/mol. The molecule has 5 nitrogen and oxygen atoms in total. The van der Waals surface area contributed by atoms with Gasteiger partial charge in [-0.2, -0.15) is 0 Å². The van der Waals surface area contributed by atoms with Crippen LogP contribution in [0.15, 0.2) is 47.0 Å². The van der Waals surface area contributed by atoms with Crippen molar-refractivity contribution < 1.29 is 9.32 Å². The minimum Gasteiger partial charge on any atom is -0.354 e. The van der Waals surface area contributed by atoms with Crippen molar-refractivity contribution in [2.45, 2.75) is 51.4 Å². The maximum Gasteiger partial charge on any atom is 0.180 e. The molecule has 0 saturated carbocycles. The number of hydrogen-bond acceptors (Lipinski definition) is 5. The van der Waals surface area contributed by atoms with Crippen LogP contribution >= 0.6 is 0 Å². The van der Waals surface area contributed by atoms with E-state index in [9.17, 15) is 4.79 Å². The third kappa shape index (κ3) is 3.43. The number of aromatic nitrogens is 1. The number of anilines is 1. The minimum absolute atomic E-state index is 0.329.